The second-order valence-electron chi connectivity index (χ2n) is 15.3. The molecule has 306 valence electrons. The minimum absolute atomic E-state index is 0.0694. The average molecular weight is 735 g/mol. The summed E-state index contributed by atoms with van der Waals surface area (Å²) in [7, 11) is 0. The van der Waals surface area contributed by atoms with Crippen LogP contribution in [0.3, 0.4) is 0 Å². The molecular formula is C46H86O6. The molecule has 0 aliphatic carbocycles. The number of unbranched alkanes of at least 4 members (excludes halogenated alkanes) is 28. The molecule has 6 nitrogen and oxygen atoms in total. The van der Waals surface area contributed by atoms with Crippen molar-refractivity contribution in [3.63, 3.8) is 0 Å². The van der Waals surface area contributed by atoms with Crippen LogP contribution >= 0.6 is 0 Å². The van der Waals surface area contributed by atoms with Gasteiger partial charge in [0.25, 0.3) is 0 Å². The molecule has 1 unspecified atom stereocenters. The van der Waals surface area contributed by atoms with Crippen LogP contribution in [0.1, 0.15) is 245 Å². The first-order valence-electron chi connectivity index (χ1n) is 22.7. The third-order valence-electron chi connectivity index (χ3n) is 10.0. The molecule has 0 fully saturated rings. The summed E-state index contributed by atoms with van der Waals surface area (Å²) in [6.45, 7) is 6.55. The summed E-state index contributed by atoms with van der Waals surface area (Å²) < 4.78 is 16.6. The third-order valence-corrected chi connectivity index (χ3v) is 10.0. The minimum atomic E-state index is -0.764. The Morgan fingerprint density at radius 3 is 1.04 bits per heavy atom. The molecule has 0 aliphatic heterocycles. The molecule has 0 saturated carbocycles. The van der Waals surface area contributed by atoms with Crippen LogP contribution in [0, 0.1) is 0 Å². The molecule has 0 aromatic heterocycles. The molecule has 1 atom stereocenters. The van der Waals surface area contributed by atoms with Crippen molar-refractivity contribution in [2.24, 2.45) is 0 Å². The number of hydrogen-bond acceptors (Lipinski definition) is 6. The maximum atomic E-state index is 12.6. The predicted molar refractivity (Wildman–Crippen MR) is 220 cm³/mol. The highest BCUT2D eigenvalue weighted by Crippen LogP contribution is 2.15. The molecule has 0 aromatic rings. The molecule has 0 radical (unpaired) electrons. The van der Waals surface area contributed by atoms with Crippen LogP contribution in [0.2, 0.25) is 0 Å². The topological polar surface area (TPSA) is 78.9 Å². The Morgan fingerprint density at radius 1 is 0.365 bits per heavy atom. The van der Waals surface area contributed by atoms with Crippen LogP contribution in [0.5, 0.6) is 0 Å². The molecule has 0 spiro atoms. The maximum absolute atomic E-state index is 12.6. The highest BCUT2D eigenvalue weighted by molar-refractivity contribution is 5.71. The summed E-state index contributed by atoms with van der Waals surface area (Å²) in [5.41, 5.74) is 0. The number of allylic oxidation sites excluding steroid dienone is 2. The van der Waals surface area contributed by atoms with Crippen LogP contribution in [0.4, 0.5) is 0 Å². The fourth-order valence-corrected chi connectivity index (χ4v) is 6.56. The van der Waals surface area contributed by atoms with Crippen molar-refractivity contribution in [1.29, 1.82) is 0 Å². The first-order valence-corrected chi connectivity index (χ1v) is 22.7. The van der Waals surface area contributed by atoms with E-state index in [1.807, 2.05) is 0 Å². The van der Waals surface area contributed by atoms with Gasteiger partial charge in [0, 0.05) is 19.3 Å². The van der Waals surface area contributed by atoms with Crippen molar-refractivity contribution in [3.8, 4) is 0 Å². The number of carbonyl (C=O) groups is 3. The number of carbonyl (C=O) groups excluding carboxylic acids is 3. The molecule has 0 amide bonds. The van der Waals surface area contributed by atoms with Gasteiger partial charge in [-0.15, -0.1) is 0 Å². The molecule has 0 saturated heterocycles. The van der Waals surface area contributed by atoms with Gasteiger partial charge >= 0.3 is 17.9 Å². The highest BCUT2D eigenvalue weighted by Gasteiger charge is 2.19. The minimum Gasteiger partial charge on any atom is -0.462 e. The van der Waals surface area contributed by atoms with Crippen molar-refractivity contribution < 1.29 is 28.6 Å². The molecule has 52 heavy (non-hydrogen) atoms. The fourth-order valence-electron chi connectivity index (χ4n) is 6.56. The van der Waals surface area contributed by atoms with Crippen molar-refractivity contribution >= 4 is 17.9 Å². The molecule has 0 rings (SSSR count). The molecular weight excluding hydrogens is 649 g/mol. The zero-order chi connectivity index (χ0) is 38.0. The molecule has 0 N–H and O–H groups in total. The van der Waals surface area contributed by atoms with E-state index in [0.29, 0.717) is 19.3 Å². The molecule has 0 bridgehead atoms. The first kappa shape index (κ1) is 50.1. The van der Waals surface area contributed by atoms with E-state index in [1.54, 1.807) is 0 Å². The van der Waals surface area contributed by atoms with E-state index in [4.69, 9.17) is 14.2 Å². The van der Waals surface area contributed by atoms with Crippen molar-refractivity contribution in [1.82, 2.24) is 0 Å². The SMILES string of the molecule is CCC/C=C\CCCCCCCC(=O)OC(COC(=O)CCCCCCCCCC)COC(=O)CCCCCCCCCCCCCCCCCC. The summed E-state index contributed by atoms with van der Waals surface area (Å²) in [6.07, 6.45) is 43.5. The molecule has 0 aromatic carbocycles. The summed E-state index contributed by atoms with van der Waals surface area (Å²) in [4.78, 5) is 37.6. The van der Waals surface area contributed by atoms with Gasteiger partial charge in [0.2, 0.25) is 0 Å². The zero-order valence-corrected chi connectivity index (χ0v) is 34.8. The highest BCUT2D eigenvalue weighted by atomic mass is 16.6. The van der Waals surface area contributed by atoms with Crippen molar-refractivity contribution in [3.05, 3.63) is 12.2 Å². The molecule has 0 aliphatic rings. The van der Waals surface area contributed by atoms with Gasteiger partial charge in [0.15, 0.2) is 6.10 Å². The summed E-state index contributed by atoms with van der Waals surface area (Å²) >= 11 is 0. The van der Waals surface area contributed by atoms with E-state index in [9.17, 15) is 14.4 Å². The summed E-state index contributed by atoms with van der Waals surface area (Å²) in [5.74, 6) is -0.877. The quantitative estimate of drug-likeness (QED) is 0.0269. The van der Waals surface area contributed by atoms with Gasteiger partial charge in [-0.2, -0.15) is 0 Å². The number of hydrogen-bond donors (Lipinski definition) is 0. The molecule has 6 heteroatoms. The fraction of sp³-hybridized carbons (Fsp3) is 0.891. The Hall–Kier alpha value is -1.85. The van der Waals surface area contributed by atoms with Crippen LogP contribution in [-0.4, -0.2) is 37.2 Å². The second kappa shape index (κ2) is 41.9. The Labute approximate surface area is 322 Å². The monoisotopic (exact) mass is 735 g/mol. The summed E-state index contributed by atoms with van der Waals surface area (Å²) in [6, 6.07) is 0. The number of esters is 3. The van der Waals surface area contributed by atoms with Crippen LogP contribution in [-0.2, 0) is 28.6 Å². The van der Waals surface area contributed by atoms with E-state index >= 15 is 0 Å². The van der Waals surface area contributed by atoms with Gasteiger partial charge in [-0.25, -0.2) is 0 Å². The van der Waals surface area contributed by atoms with Gasteiger partial charge in [-0.05, 0) is 38.5 Å². The van der Waals surface area contributed by atoms with E-state index in [1.165, 1.54) is 128 Å². The lowest BCUT2D eigenvalue weighted by molar-refractivity contribution is -0.167. The van der Waals surface area contributed by atoms with E-state index in [-0.39, 0.29) is 31.1 Å². The standard InChI is InChI=1S/C46H86O6/c1-4-7-10-13-16-19-21-22-23-24-25-26-28-30-33-36-39-45(48)51-42-43(41-50-44(47)38-35-32-29-18-15-12-9-6-3)52-46(49)40-37-34-31-27-20-17-14-11-8-5-2/h11,14,43H,4-10,12-13,15-42H2,1-3H3/b14-11-. The lowest BCUT2D eigenvalue weighted by Gasteiger charge is -2.18. The van der Waals surface area contributed by atoms with E-state index in [0.717, 1.165) is 77.0 Å². The Morgan fingerprint density at radius 2 is 0.673 bits per heavy atom. The van der Waals surface area contributed by atoms with Crippen LogP contribution in [0.15, 0.2) is 12.2 Å². The zero-order valence-electron chi connectivity index (χ0n) is 34.8. The van der Waals surface area contributed by atoms with Crippen LogP contribution in [0.25, 0.3) is 0 Å². The van der Waals surface area contributed by atoms with E-state index in [2.05, 4.69) is 32.9 Å². The number of ether oxygens (including phenoxy) is 3. The Bertz CT molecular complexity index is 809. The number of rotatable bonds is 41. The third kappa shape index (κ3) is 39.4. The van der Waals surface area contributed by atoms with Gasteiger partial charge in [0.05, 0.1) is 0 Å². The van der Waals surface area contributed by atoms with Crippen molar-refractivity contribution in [2.45, 2.75) is 252 Å². The summed E-state index contributed by atoms with van der Waals surface area (Å²) in [5, 5.41) is 0. The Kier molecular flexibility index (Phi) is 40.4. The molecule has 0 heterocycles. The van der Waals surface area contributed by atoms with Gasteiger partial charge in [-0.3, -0.25) is 14.4 Å². The second-order valence-corrected chi connectivity index (χ2v) is 15.3. The first-order chi connectivity index (χ1) is 25.5. The normalized spacial score (nSPS) is 12.0. The largest absolute Gasteiger partial charge is 0.462 e. The Balaban J connectivity index is 4.25. The van der Waals surface area contributed by atoms with Crippen LogP contribution < -0.4 is 0 Å². The lowest BCUT2D eigenvalue weighted by Crippen LogP contribution is -2.30. The van der Waals surface area contributed by atoms with E-state index < -0.39 is 6.10 Å². The van der Waals surface area contributed by atoms with Gasteiger partial charge < -0.3 is 14.2 Å². The van der Waals surface area contributed by atoms with Gasteiger partial charge in [0.1, 0.15) is 13.2 Å². The maximum Gasteiger partial charge on any atom is 0.306 e. The lowest BCUT2D eigenvalue weighted by atomic mass is 10.0. The average Bonchev–Trinajstić information content (AvgIpc) is 3.14. The predicted octanol–water partition coefficient (Wildman–Crippen LogP) is 14.3. The smallest absolute Gasteiger partial charge is 0.306 e. The van der Waals surface area contributed by atoms with Gasteiger partial charge in [-0.1, -0.05) is 200 Å². The van der Waals surface area contributed by atoms with Crippen molar-refractivity contribution in [2.75, 3.05) is 13.2 Å².